The molecule has 3 radical (unpaired) electrons. The van der Waals surface area contributed by atoms with Crippen molar-refractivity contribution in [3.8, 4) is 5.75 Å². The number of fused-ring (bicyclic) bond motifs is 1. The third-order valence-corrected chi connectivity index (χ3v) is 7.19. The highest BCUT2D eigenvalue weighted by atomic mass is 35.5. The van der Waals surface area contributed by atoms with Crippen LogP contribution in [-0.4, -0.2) is 41.6 Å². The standard InChI is InChI=1S/C27H26ClF4N6O2Si/c1-12(2)40-22-16(26(5,41)25-37-14(4)21-23(33)35-8-9-38(21)25)11-17(28)20(29)19(22)24(39)36-13(3)15-6-7-34-18(10-15)27(30,31)32/h6-13H,1-5H3,(H2,33,35)(H,36,39)/t13-,26+/m1/s1. The Morgan fingerprint density at radius 2 is 1.88 bits per heavy atom. The van der Waals surface area contributed by atoms with E-state index >= 15 is 4.39 Å². The largest absolute Gasteiger partial charge is 0.490 e. The van der Waals surface area contributed by atoms with Gasteiger partial charge < -0.3 is 15.8 Å². The van der Waals surface area contributed by atoms with Crippen LogP contribution in [0.15, 0.2) is 36.8 Å². The van der Waals surface area contributed by atoms with Gasteiger partial charge in [-0.25, -0.2) is 14.4 Å². The number of nitrogens with zero attached hydrogens (tertiary/aromatic N) is 4. The summed E-state index contributed by atoms with van der Waals surface area (Å²) in [5, 5.41) is 0.975. The number of nitrogen functional groups attached to an aromatic ring is 1. The molecular formula is C27H26ClF4N6O2Si. The normalized spacial score (nSPS) is 14.2. The first-order valence-electron chi connectivity index (χ1n) is 12.4. The maximum atomic E-state index is 15.6. The van der Waals surface area contributed by atoms with E-state index in [4.69, 9.17) is 22.1 Å². The summed E-state index contributed by atoms with van der Waals surface area (Å²) in [6, 6.07) is 2.52. The molecule has 0 aliphatic carbocycles. The zero-order valence-electron chi connectivity index (χ0n) is 22.7. The smallest absolute Gasteiger partial charge is 0.433 e. The number of ether oxygens (including phenoxy) is 1. The maximum Gasteiger partial charge on any atom is 0.433 e. The molecule has 3 heterocycles. The number of aryl methyl sites for hydroxylation is 1. The lowest BCUT2D eigenvalue weighted by Gasteiger charge is -2.29. The fourth-order valence-electron chi connectivity index (χ4n) is 4.48. The van der Waals surface area contributed by atoms with Gasteiger partial charge in [0.25, 0.3) is 5.91 Å². The average Bonchev–Trinajstić information content (AvgIpc) is 3.23. The number of anilines is 1. The minimum Gasteiger partial charge on any atom is -0.490 e. The van der Waals surface area contributed by atoms with Crippen molar-refractivity contribution in [2.24, 2.45) is 0 Å². The van der Waals surface area contributed by atoms with Crippen molar-refractivity contribution in [3.05, 3.63) is 81.5 Å². The highest BCUT2D eigenvalue weighted by Crippen LogP contribution is 2.42. The summed E-state index contributed by atoms with van der Waals surface area (Å²) in [6.45, 7) is 8.34. The number of pyridine rings is 1. The number of aromatic nitrogens is 4. The van der Waals surface area contributed by atoms with Crippen molar-refractivity contribution in [2.75, 3.05) is 5.73 Å². The fraction of sp³-hybridized carbons (Fsp3) is 0.333. The third kappa shape index (κ3) is 5.73. The minimum atomic E-state index is -4.68. The SMILES string of the molecule is Cc1nc([C@@](C)([Si])c2cc(Cl)c(F)c(C(=O)N[C@H](C)c3ccnc(C(F)(F)F)c3)c2OC(C)C)n2ccnc(N)c12. The van der Waals surface area contributed by atoms with Crippen LogP contribution in [0.5, 0.6) is 5.75 Å². The number of carbonyl (C=O) groups is 1. The van der Waals surface area contributed by atoms with Crippen molar-refractivity contribution in [2.45, 2.75) is 58.0 Å². The van der Waals surface area contributed by atoms with E-state index in [0.717, 1.165) is 12.3 Å². The van der Waals surface area contributed by atoms with E-state index in [1.165, 1.54) is 25.3 Å². The summed E-state index contributed by atoms with van der Waals surface area (Å²) < 4.78 is 62.9. The predicted molar refractivity (Wildman–Crippen MR) is 147 cm³/mol. The summed E-state index contributed by atoms with van der Waals surface area (Å²) in [6.07, 6.45) is -1.04. The first-order valence-corrected chi connectivity index (χ1v) is 13.3. The first-order chi connectivity index (χ1) is 19.0. The molecule has 4 aromatic rings. The molecule has 3 N–H and O–H groups in total. The van der Waals surface area contributed by atoms with Crippen LogP contribution in [0.1, 0.15) is 72.4 Å². The number of imidazole rings is 1. The quantitative estimate of drug-likeness (QED) is 0.212. The Balaban J connectivity index is 1.85. The summed E-state index contributed by atoms with van der Waals surface area (Å²) in [5.74, 6) is -1.45. The molecule has 0 saturated heterocycles. The van der Waals surface area contributed by atoms with Gasteiger partial charge in [-0.3, -0.25) is 14.2 Å². The Morgan fingerprint density at radius 3 is 2.51 bits per heavy atom. The molecule has 0 aliphatic rings. The molecule has 1 aromatic carbocycles. The summed E-state index contributed by atoms with van der Waals surface area (Å²) in [7, 11) is 3.77. The Morgan fingerprint density at radius 1 is 1.20 bits per heavy atom. The van der Waals surface area contributed by atoms with Gasteiger partial charge in [-0.2, -0.15) is 13.2 Å². The van der Waals surface area contributed by atoms with Crippen LogP contribution in [0.3, 0.4) is 0 Å². The number of hydrogen-bond donors (Lipinski definition) is 2. The Kier molecular flexibility index (Phi) is 8.07. The van der Waals surface area contributed by atoms with Gasteiger partial charge >= 0.3 is 6.18 Å². The zero-order valence-corrected chi connectivity index (χ0v) is 24.4. The number of nitrogens with two attached hydrogens (primary N) is 1. The Bertz CT molecular complexity index is 1640. The number of rotatable bonds is 7. The third-order valence-electron chi connectivity index (χ3n) is 6.42. The molecule has 4 rings (SSSR count). The molecule has 0 fully saturated rings. The highest BCUT2D eigenvalue weighted by Gasteiger charge is 2.37. The van der Waals surface area contributed by atoms with Gasteiger partial charge in [-0.1, -0.05) is 18.5 Å². The molecule has 0 bridgehead atoms. The molecule has 0 saturated carbocycles. The molecule has 0 spiro atoms. The van der Waals surface area contributed by atoms with Gasteiger partial charge in [0.15, 0.2) is 5.82 Å². The highest BCUT2D eigenvalue weighted by molar-refractivity contribution is 6.31. The van der Waals surface area contributed by atoms with E-state index < -0.39 is 46.3 Å². The van der Waals surface area contributed by atoms with Crippen LogP contribution in [0, 0.1) is 12.7 Å². The van der Waals surface area contributed by atoms with Gasteiger partial charge in [0, 0.05) is 39.4 Å². The molecule has 0 unspecified atom stereocenters. The number of nitrogens with one attached hydrogen (secondary N) is 1. The van der Waals surface area contributed by atoms with E-state index in [1.54, 1.807) is 38.3 Å². The molecular weight excluding hydrogens is 580 g/mol. The van der Waals surface area contributed by atoms with Gasteiger partial charge in [-0.05, 0) is 51.5 Å². The molecule has 8 nitrogen and oxygen atoms in total. The summed E-state index contributed by atoms with van der Waals surface area (Å²) >= 11 is 6.32. The maximum absolute atomic E-state index is 15.6. The molecule has 1 amide bonds. The first kappa shape index (κ1) is 30.3. The molecule has 41 heavy (non-hydrogen) atoms. The molecule has 3 aromatic heterocycles. The zero-order chi connectivity index (χ0) is 30.4. The van der Waals surface area contributed by atoms with Crippen molar-refractivity contribution in [3.63, 3.8) is 0 Å². The van der Waals surface area contributed by atoms with Crippen LogP contribution in [0.25, 0.3) is 5.52 Å². The van der Waals surface area contributed by atoms with Crippen LogP contribution in [0.4, 0.5) is 23.4 Å². The number of halogens is 5. The van der Waals surface area contributed by atoms with Crippen LogP contribution in [-0.2, 0) is 11.2 Å². The number of alkyl halides is 3. The van der Waals surface area contributed by atoms with E-state index in [2.05, 4.69) is 30.5 Å². The van der Waals surface area contributed by atoms with Crippen LogP contribution < -0.4 is 15.8 Å². The van der Waals surface area contributed by atoms with Gasteiger partial charge in [0.1, 0.15) is 34.2 Å². The van der Waals surface area contributed by atoms with E-state index in [9.17, 15) is 18.0 Å². The molecule has 2 atom stereocenters. The molecule has 0 aliphatic heterocycles. The lowest BCUT2D eigenvalue weighted by Crippen LogP contribution is -2.32. The average molecular weight is 606 g/mol. The fourth-order valence-corrected chi connectivity index (χ4v) is 5.05. The molecule has 215 valence electrons. The van der Waals surface area contributed by atoms with Crippen LogP contribution in [0.2, 0.25) is 5.02 Å². The lowest BCUT2D eigenvalue weighted by molar-refractivity contribution is -0.141. The van der Waals surface area contributed by atoms with Crippen molar-refractivity contribution < 1.29 is 27.1 Å². The van der Waals surface area contributed by atoms with Gasteiger partial charge in [0.05, 0.1) is 22.9 Å². The van der Waals surface area contributed by atoms with Gasteiger partial charge in [0.2, 0.25) is 0 Å². The topological polar surface area (TPSA) is 107 Å². The van der Waals surface area contributed by atoms with Crippen molar-refractivity contribution in [1.29, 1.82) is 0 Å². The monoisotopic (exact) mass is 605 g/mol. The second-order valence-electron chi connectivity index (χ2n) is 9.93. The summed E-state index contributed by atoms with van der Waals surface area (Å²) in [4.78, 5) is 25.7. The lowest BCUT2D eigenvalue weighted by atomic mass is 9.94. The second-order valence-corrected chi connectivity index (χ2v) is 11.3. The van der Waals surface area contributed by atoms with Gasteiger partial charge in [-0.15, -0.1) is 0 Å². The number of carbonyl (C=O) groups excluding carboxylic acids is 1. The van der Waals surface area contributed by atoms with E-state index in [0.29, 0.717) is 17.0 Å². The number of amides is 1. The number of benzene rings is 1. The van der Waals surface area contributed by atoms with E-state index in [-0.39, 0.29) is 27.7 Å². The van der Waals surface area contributed by atoms with Crippen molar-refractivity contribution >= 4 is 39.1 Å². The summed E-state index contributed by atoms with van der Waals surface area (Å²) in [5.41, 5.74) is 5.98. The second kappa shape index (κ2) is 10.9. The Labute approximate surface area is 241 Å². The van der Waals surface area contributed by atoms with Crippen molar-refractivity contribution in [1.82, 2.24) is 24.7 Å². The predicted octanol–water partition coefficient (Wildman–Crippen LogP) is 5.54. The van der Waals surface area contributed by atoms with E-state index in [1.807, 2.05) is 0 Å². The number of hydrogen-bond acceptors (Lipinski definition) is 6. The molecule has 14 heteroatoms. The van der Waals surface area contributed by atoms with Crippen LogP contribution >= 0.6 is 11.6 Å². The minimum absolute atomic E-state index is 0.116. The Hall–Kier alpha value is -3.71.